The molecular weight excluding hydrogens is 256 g/mol. The first-order valence-corrected chi connectivity index (χ1v) is 8.98. The van der Waals surface area contributed by atoms with Crippen molar-refractivity contribution in [2.45, 2.75) is 76.4 Å². The number of rotatable bonds is 5. The zero-order valence-corrected chi connectivity index (χ0v) is 13.5. The molecule has 1 amide bonds. The van der Waals surface area contributed by atoms with Gasteiger partial charge in [0.1, 0.15) is 0 Å². The Labute approximate surface area is 121 Å². The standard InChI is InChI=1S/C15H28N2OS/c1-5-6-13-16-14(10(2)3)15(18)17(13)11-7-8-12(9-11)19-4/h10-14,16H,5-9H2,1-4H3. The van der Waals surface area contributed by atoms with Crippen molar-refractivity contribution < 1.29 is 4.79 Å². The molecule has 1 N–H and O–H groups in total. The van der Waals surface area contributed by atoms with Crippen LogP contribution >= 0.6 is 11.8 Å². The molecule has 110 valence electrons. The zero-order valence-electron chi connectivity index (χ0n) is 12.7. The molecular formula is C15H28N2OS. The van der Waals surface area contributed by atoms with E-state index >= 15 is 0 Å². The average Bonchev–Trinajstić information content (AvgIpc) is 2.94. The lowest BCUT2D eigenvalue weighted by Gasteiger charge is -2.30. The molecule has 0 spiro atoms. The van der Waals surface area contributed by atoms with Gasteiger partial charge in [-0.15, -0.1) is 0 Å². The van der Waals surface area contributed by atoms with Crippen LogP contribution in [0.2, 0.25) is 0 Å². The highest BCUT2D eigenvalue weighted by Crippen LogP contribution is 2.35. The van der Waals surface area contributed by atoms with E-state index in [1.54, 1.807) is 0 Å². The molecule has 1 saturated carbocycles. The summed E-state index contributed by atoms with van der Waals surface area (Å²) in [6.45, 7) is 6.48. The predicted molar refractivity (Wildman–Crippen MR) is 82.2 cm³/mol. The molecule has 1 aliphatic heterocycles. The first-order chi connectivity index (χ1) is 9.08. The van der Waals surface area contributed by atoms with Crippen LogP contribution in [0.5, 0.6) is 0 Å². The van der Waals surface area contributed by atoms with Crippen LogP contribution in [-0.4, -0.2) is 40.6 Å². The molecule has 0 aromatic rings. The van der Waals surface area contributed by atoms with E-state index in [2.05, 4.69) is 37.2 Å². The second-order valence-electron chi connectivity index (χ2n) is 6.26. The summed E-state index contributed by atoms with van der Waals surface area (Å²) < 4.78 is 0. The van der Waals surface area contributed by atoms with Gasteiger partial charge in [0.05, 0.1) is 12.2 Å². The lowest BCUT2D eigenvalue weighted by Crippen LogP contribution is -2.43. The molecule has 3 nitrogen and oxygen atoms in total. The van der Waals surface area contributed by atoms with Crippen LogP contribution in [0, 0.1) is 5.92 Å². The lowest BCUT2D eigenvalue weighted by molar-refractivity contribution is -0.132. The molecule has 1 saturated heterocycles. The third-order valence-electron chi connectivity index (χ3n) is 4.54. The number of carbonyl (C=O) groups is 1. The molecule has 1 aliphatic carbocycles. The largest absolute Gasteiger partial charge is 0.323 e. The van der Waals surface area contributed by atoms with Crippen molar-refractivity contribution in [2.24, 2.45) is 5.92 Å². The van der Waals surface area contributed by atoms with Crippen LogP contribution in [0.15, 0.2) is 0 Å². The van der Waals surface area contributed by atoms with E-state index in [1.807, 2.05) is 11.8 Å². The summed E-state index contributed by atoms with van der Waals surface area (Å²) in [6.07, 6.45) is 8.30. The van der Waals surface area contributed by atoms with Crippen molar-refractivity contribution in [3.8, 4) is 0 Å². The van der Waals surface area contributed by atoms with Crippen molar-refractivity contribution >= 4 is 17.7 Å². The summed E-state index contributed by atoms with van der Waals surface area (Å²) >= 11 is 1.96. The van der Waals surface area contributed by atoms with Gasteiger partial charge in [-0.05, 0) is 37.9 Å². The van der Waals surface area contributed by atoms with E-state index in [0.717, 1.165) is 18.1 Å². The number of nitrogens with one attached hydrogen (secondary N) is 1. The molecule has 1 heterocycles. The maximum Gasteiger partial charge on any atom is 0.241 e. The Kier molecular flexibility index (Phi) is 5.18. The second-order valence-corrected chi connectivity index (χ2v) is 7.40. The molecule has 0 bridgehead atoms. The van der Waals surface area contributed by atoms with Crippen LogP contribution in [0.4, 0.5) is 0 Å². The monoisotopic (exact) mass is 284 g/mol. The van der Waals surface area contributed by atoms with Gasteiger partial charge >= 0.3 is 0 Å². The fraction of sp³-hybridized carbons (Fsp3) is 0.933. The van der Waals surface area contributed by atoms with Crippen molar-refractivity contribution in [2.75, 3.05) is 6.26 Å². The van der Waals surface area contributed by atoms with E-state index in [-0.39, 0.29) is 12.2 Å². The number of carbonyl (C=O) groups excluding carboxylic acids is 1. The minimum atomic E-state index is 0.0323. The van der Waals surface area contributed by atoms with E-state index in [0.29, 0.717) is 17.9 Å². The molecule has 4 unspecified atom stereocenters. The van der Waals surface area contributed by atoms with Crippen molar-refractivity contribution in [3.05, 3.63) is 0 Å². The van der Waals surface area contributed by atoms with E-state index in [1.165, 1.54) is 19.3 Å². The molecule has 2 rings (SSSR count). The van der Waals surface area contributed by atoms with E-state index in [4.69, 9.17) is 0 Å². The summed E-state index contributed by atoms with van der Waals surface area (Å²) in [7, 11) is 0. The first-order valence-electron chi connectivity index (χ1n) is 7.69. The Morgan fingerprint density at radius 2 is 2.16 bits per heavy atom. The highest BCUT2D eigenvalue weighted by molar-refractivity contribution is 7.99. The van der Waals surface area contributed by atoms with Crippen LogP contribution in [0.3, 0.4) is 0 Å². The SMILES string of the molecule is CCCC1NC(C(C)C)C(=O)N1C1CCC(SC)C1. The molecule has 19 heavy (non-hydrogen) atoms. The Morgan fingerprint density at radius 3 is 2.68 bits per heavy atom. The minimum absolute atomic E-state index is 0.0323. The predicted octanol–water partition coefficient (Wildman–Crippen LogP) is 2.85. The quantitative estimate of drug-likeness (QED) is 0.842. The van der Waals surface area contributed by atoms with Crippen LogP contribution in [0.25, 0.3) is 0 Å². The zero-order chi connectivity index (χ0) is 14.0. The molecule has 0 aromatic heterocycles. The second kappa shape index (κ2) is 6.49. The van der Waals surface area contributed by atoms with Gasteiger partial charge in [0.25, 0.3) is 0 Å². The summed E-state index contributed by atoms with van der Waals surface area (Å²) in [5.74, 6) is 0.731. The number of nitrogens with zero attached hydrogens (tertiary/aromatic N) is 1. The third kappa shape index (κ3) is 3.10. The van der Waals surface area contributed by atoms with E-state index < -0.39 is 0 Å². The van der Waals surface area contributed by atoms with Gasteiger partial charge in [0.2, 0.25) is 5.91 Å². The molecule has 2 aliphatic rings. The molecule has 4 atom stereocenters. The molecule has 0 aromatic carbocycles. The maximum atomic E-state index is 12.7. The summed E-state index contributed by atoms with van der Waals surface area (Å²) in [4.78, 5) is 14.9. The summed E-state index contributed by atoms with van der Waals surface area (Å²) in [5, 5.41) is 4.32. The number of hydrogen-bond donors (Lipinski definition) is 1. The van der Waals surface area contributed by atoms with Crippen molar-refractivity contribution in [3.63, 3.8) is 0 Å². The van der Waals surface area contributed by atoms with Crippen LogP contribution in [-0.2, 0) is 4.79 Å². The first kappa shape index (κ1) is 15.2. The molecule has 4 heteroatoms. The topological polar surface area (TPSA) is 32.3 Å². The third-order valence-corrected chi connectivity index (χ3v) is 5.64. The molecule has 0 radical (unpaired) electrons. The van der Waals surface area contributed by atoms with Crippen molar-refractivity contribution in [1.29, 1.82) is 0 Å². The van der Waals surface area contributed by atoms with Gasteiger partial charge in [0.15, 0.2) is 0 Å². The number of amides is 1. The Bertz CT molecular complexity index is 321. The fourth-order valence-corrected chi connectivity index (χ4v) is 4.25. The lowest BCUT2D eigenvalue weighted by atomic mass is 10.0. The van der Waals surface area contributed by atoms with Gasteiger partial charge in [-0.25, -0.2) is 0 Å². The van der Waals surface area contributed by atoms with Gasteiger partial charge in [0, 0.05) is 11.3 Å². The van der Waals surface area contributed by atoms with Gasteiger partial charge < -0.3 is 4.90 Å². The Morgan fingerprint density at radius 1 is 1.42 bits per heavy atom. The summed E-state index contributed by atoms with van der Waals surface area (Å²) in [5.41, 5.74) is 0. The normalized spacial score (nSPS) is 35.6. The average molecular weight is 284 g/mol. The Balaban J connectivity index is 2.09. The van der Waals surface area contributed by atoms with Crippen LogP contribution < -0.4 is 5.32 Å². The number of thioether (sulfide) groups is 1. The van der Waals surface area contributed by atoms with E-state index in [9.17, 15) is 4.79 Å². The highest BCUT2D eigenvalue weighted by Gasteiger charge is 2.44. The minimum Gasteiger partial charge on any atom is -0.323 e. The van der Waals surface area contributed by atoms with Crippen molar-refractivity contribution in [1.82, 2.24) is 10.2 Å². The number of hydrogen-bond acceptors (Lipinski definition) is 3. The van der Waals surface area contributed by atoms with Gasteiger partial charge in [-0.2, -0.15) is 11.8 Å². The van der Waals surface area contributed by atoms with Gasteiger partial charge in [-0.3, -0.25) is 10.1 Å². The highest BCUT2D eigenvalue weighted by atomic mass is 32.2. The maximum absolute atomic E-state index is 12.7. The van der Waals surface area contributed by atoms with Gasteiger partial charge in [-0.1, -0.05) is 27.2 Å². The fourth-order valence-electron chi connectivity index (χ4n) is 3.47. The summed E-state index contributed by atoms with van der Waals surface area (Å²) in [6, 6.07) is 0.502. The molecule has 2 fully saturated rings. The van der Waals surface area contributed by atoms with Crippen LogP contribution in [0.1, 0.15) is 52.9 Å². The smallest absolute Gasteiger partial charge is 0.241 e. The Hall–Kier alpha value is -0.220.